The van der Waals surface area contributed by atoms with E-state index >= 15 is 0 Å². The fourth-order valence-electron chi connectivity index (χ4n) is 5.71. The first-order chi connectivity index (χ1) is 23.7. The average Bonchev–Trinajstić information content (AvgIpc) is 3.33. The smallest absolute Gasteiger partial charge is 0.340 e. The molecule has 1 spiro atoms. The van der Waals surface area contributed by atoms with E-state index in [0.29, 0.717) is 0 Å². The molecular weight excluding hydrogens is 703 g/mol. The molecule has 2 aliphatic heterocycles. The number of aliphatic carboxylic acids is 3. The molecule has 6 rings (SSSR count). The zero-order valence-electron chi connectivity index (χ0n) is 24.9. The molecule has 0 aromatic heterocycles. The van der Waals surface area contributed by atoms with Crippen LogP contribution in [-0.4, -0.2) is 49.5 Å². The van der Waals surface area contributed by atoms with Crippen molar-refractivity contribution in [1.82, 2.24) is 0 Å². The monoisotopic (exact) mass is 719 g/mol. The van der Waals surface area contributed by atoms with Crippen molar-refractivity contribution >= 4 is 64.4 Å². The molecule has 0 bridgehead atoms. The molecule has 0 radical (unpaired) electrons. The maximum Gasteiger partial charge on any atom is 0.340 e. The number of carbonyl (C=O) groups excluding carboxylic acids is 5. The van der Waals surface area contributed by atoms with Gasteiger partial charge in [0.15, 0.2) is 5.60 Å². The SMILES string of the molecule is O=C([O-])COc1cc(NC(=O)c2ccc3c(c2)C(=O)OC32c3cc(Cl)c([O-])cc3Oc3cc([O-])c(Cl)cc32)ccc1N(CC(=O)[O-])CC(=O)[O-]. The van der Waals surface area contributed by atoms with Crippen molar-refractivity contribution in [2.75, 3.05) is 29.9 Å². The highest BCUT2D eigenvalue weighted by molar-refractivity contribution is 6.32. The molecule has 0 fully saturated rings. The van der Waals surface area contributed by atoms with Gasteiger partial charge in [-0.2, -0.15) is 0 Å². The van der Waals surface area contributed by atoms with E-state index in [4.69, 9.17) is 37.4 Å². The molecule has 4 aromatic carbocycles. The van der Waals surface area contributed by atoms with E-state index in [1.807, 2.05) is 0 Å². The third-order valence-corrected chi connectivity index (χ3v) is 8.31. The van der Waals surface area contributed by atoms with E-state index in [-0.39, 0.29) is 66.5 Å². The third kappa shape index (κ3) is 5.99. The van der Waals surface area contributed by atoms with Crippen LogP contribution in [0.2, 0.25) is 10.0 Å². The Morgan fingerprint density at radius 3 is 1.94 bits per heavy atom. The van der Waals surface area contributed by atoms with E-state index in [0.717, 1.165) is 23.1 Å². The zero-order valence-corrected chi connectivity index (χ0v) is 26.4. The number of halogens is 2. The second kappa shape index (κ2) is 12.7. The van der Waals surface area contributed by atoms with Gasteiger partial charge in [-0.05, 0) is 48.5 Å². The zero-order chi connectivity index (χ0) is 36.1. The van der Waals surface area contributed by atoms with Gasteiger partial charge in [-0.25, -0.2) is 4.79 Å². The van der Waals surface area contributed by atoms with Crippen LogP contribution in [0.15, 0.2) is 60.7 Å². The van der Waals surface area contributed by atoms with Crippen LogP contribution in [0.3, 0.4) is 0 Å². The maximum absolute atomic E-state index is 13.5. The fourth-order valence-corrected chi connectivity index (χ4v) is 6.04. The molecule has 0 saturated heterocycles. The lowest BCUT2D eigenvalue weighted by molar-refractivity contribution is -0.308. The van der Waals surface area contributed by atoms with Crippen molar-refractivity contribution in [2.24, 2.45) is 0 Å². The van der Waals surface area contributed by atoms with Crippen molar-refractivity contribution in [3.05, 3.63) is 98.5 Å². The Morgan fingerprint density at radius 2 is 1.38 bits per heavy atom. The van der Waals surface area contributed by atoms with Crippen molar-refractivity contribution in [3.8, 4) is 28.7 Å². The molecule has 1 amide bonds. The molecule has 0 atom stereocenters. The van der Waals surface area contributed by atoms with Crippen LogP contribution in [0, 0.1) is 0 Å². The van der Waals surface area contributed by atoms with Gasteiger partial charge in [0.25, 0.3) is 5.91 Å². The first-order valence-electron chi connectivity index (χ1n) is 14.2. The molecule has 2 heterocycles. The van der Waals surface area contributed by atoms with Crippen LogP contribution >= 0.6 is 23.2 Å². The Morgan fingerprint density at radius 1 is 0.780 bits per heavy atom. The molecule has 50 heavy (non-hydrogen) atoms. The van der Waals surface area contributed by atoms with Crippen molar-refractivity contribution in [3.63, 3.8) is 0 Å². The normalized spacial score (nSPS) is 13.3. The highest BCUT2D eigenvalue weighted by Crippen LogP contribution is 2.58. The largest absolute Gasteiger partial charge is 0.871 e. The fraction of sp³-hybridized carbons (Fsp3) is 0.121. The lowest BCUT2D eigenvalue weighted by Crippen LogP contribution is -2.44. The number of ether oxygens (including phenoxy) is 3. The van der Waals surface area contributed by atoms with Gasteiger partial charge in [0.2, 0.25) is 0 Å². The summed E-state index contributed by atoms with van der Waals surface area (Å²) in [4.78, 5) is 61.2. The number of benzene rings is 4. The molecule has 17 heteroatoms. The van der Waals surface area contributed by atoms with E-state index < -0.39 is 66.6 Å². The summed E-state index contributed by atoms with van der Waals surface area (Å²) in [7, 11) is 0. The van der Waals surface area contributed by atoms with Gasteiger partial charge in [0.1, 0.15) is 23.9 Å². The summed E-state index contributed by atoms with van der Waals surface area (Å²) in [6.45, 7) is -2.86. The summed E-state index contributed by atoms with van der Waals surface area (Å²) in [5, 5.41) is 60.5. The summed E-state index contributed by atoms with van der Waals surface area (Å²) in [6, 6.07) is 12.3. The molecule has 0 saturated carbocycles. The Hall–Kier alpha value is -6.19. The molecule has 0 aliphatic carbocycles. The number of esters is 1. The minimum Gasteiger partial charge on any atom is -0.871 e. The summed E-state index contributed by atoms with van der Waals surface area (Å²) < 4.78 is 17.0. The van der Waals surface area contributed by atoms with Crippen LogP contribution in [0.5, 0.6) is 28.7 Å². The van der Waals surface area contributed by atoms with E-state index in [2.05, 4.69) is 5.32 Å². The number of nitrogens with zero attached hydrogens (tertiary/aromatic N) is 1. The number of carboxylic acids is 3. The molecule has 0 unspecified atom stereocenters. The second-order valence-corrected chi connectivity index (χ2v) is 11.7. The number of carbonyl (C=O) groups is 5. The van der Waals surface area contributed by atoms with Crippen molar-refractivity contribution < 1.29 is 63.7 Å². The van der Waals surface area contributed by atoms with Crippen LogP contribution in [0.1, 0.15) is 37.4 Å². The van der Waals surface area contributed by atoms with Crippen LogP contribution in [-0.2, 0) is 24.7 Å². The second-order valence-electron chi connectivity index (χ2n) is 10.9. The van der Waals surface area contributed by atoms with Gasteiger partial charge in [-0.15, -0.1) is 0 Å². The number of carboxylic acid groups (broad SMARTS) is 3. The lowest BCUT2D eigenvalue weighted by Gasteiger charge is -2.38. The molecule has 4 aromatic rings. The Labute approximate surface area is 290 Å². The van der Waals surface area contributed by atoms with Crippen molar-refractivity contribution in [2.45, 2.75) is 5.60 Å². The van der Waals surface area contributed by atoms with Gasteiger partial charge >= 0.3 is 5.97 Å². The highest BCUT2D eigenvalue weighted by Gasteiger charge is 2.54. The number of nitrogens with one attached hydrogen (secondary N) is 1. The number of amides is 1. The van der Waals surface area contributed by atoms with E-state index in [1.54, 1.807) is 0 Å². The first kappa shape index (κ1) is 33.7. The lowest BCUT2D eigenvalue weighted by atomic mass is 9.77. The van der Waals surface area contributed by atoms with Gasteiger partial charge in [0, 0.05) is 44.1 Å². The summed E-state index contributed by atoms with van der Waals surface area (Å²) in [5.41, 5.74) is -1.59. The maximum atomic E-state index is 13.5. The standard InChI is InChI=1S/C33H22Cl2N2O13/c34-20-7-18-25(9-23(20)38)49-26-10-24(39)21(35)8-19(26)33(18)17-3-1-14(5-16(17)32(47)50-33)31(46)36-15-2-4-22(27(6-15)48-13-30(44)45)37(11-28(40)41)12-29(42)43/h1-10,38-39H,11-13H2,(H,36,46)(H,40,41)(H,42,43)(H,44,45)/p-5. The number of rotatable bonds is 10. The molecule has 256 valence electrons. The van der Waals surface area contributed by atoms with E-state index in [1.165, 1.54) is 42.5 Å². The number of hydrogen-bond acceptors (Lipinski definition) is 14. The number of fused-ring (bicyclic) bond motifs is 6. The van der Waals surface area contributed by atoms with E-state index in [9.17, 15) is 49.5 Å². The molecule has 2 aliphatic rings. The minimum atomic E-state index is -1.79. The van der Waals surface area contributed by atoms with Crippen LogP contribution in [0.25, 0.3) is 0 Å². The number of anilines is 2. The Bertz CT molecular complexity index is 2080. The highest BCUT2D eigenvalue weighted by atomic mass is 35.5. The number of hydrogen-bond donors (Lipinski definition) is 1. The molecule has 1 N–H and O–H groups in total. The predicted molar refractivity (Wildman–Crippen MR) is 161 cm³/mol. The predicted octanol–water partition coefficient (Wildman–Crippen LogP) is -0.604. The minimum absolute atomic E-state index is 0.00750. The Balaban J connectivity index is 1.38. The van der Waals surface area contributed by atoms with Gasteiger partial charge in [-0.3, -0.25) is 4.79 Å². The summed E-state index contributed by atoms with van der Waals surface area (Å²) in [6.07, 6.45) is 0. The average molecular weight is 720 g/mol. The third-order valence-electron chi connectivity index (χ3n) is 7.72. The Kier molecular flexibility index (Phi) is 8.55. The van der Waals surface area contributed by atoms with Gasteiger partial charge in [0.05, 0.1) is 42.2 Å². The van der Waals surface area contributed by atoms with Crippen molar-refractivity contribution in [1.29, 1.82) is 0 Å². The van der Waals surface area contributed by atoms with Gasteiger partial charge < -0.3 is 64.3 Å². The topological polar surface area (TPSA) is 244 Å². The quantitative estimate of drug-likeness (QED) is 0.201. The summed E-state index contributed by atoms with van der Waals surface area (Å²) >= 11 is 12.4. The van der Waals surface area contributed by atoms with Crippen LogP contribution < -0.4 is 45.2 Å². The summed E-state index contributed by atoms with van der Waals surface area (Å²) in [5.74, 6) is -8.22. The van der Waals surface area contributed by atoms with Crippen LogP contribution in [0.4, 0.5) is 11.4 Å². The first-order valence-corrected chi connectivity index (χ1v) is 14.9. The molecule has 15 nitrogen and oxygen atoms in total. The molecular formula is C33H17Cl2N2O13-5. The van der Waals surface area contributed by atoms with Gasteiger partial charge in [-0.1, -0.05) is 40.8 Å².